The number of benzene rings is 1. The van der Waals surface area contributed by atoms with Crippen molar-refractivity contribution in [2.45, 2.75) is 37.0 Å². The fourth-order valence-corrected chi connectivity index (χ4v) is 2.55. The normalized spacial score (nSPS) is 23.9. The summed E-state index contributed by atoms with van der Waals surface area (Å²) in [6, 6.07) is 7.66. The molecule has 0 saturated carbocycles. The fraction of sp³-hybridized carbons (Fsp3) is 0.400. The minimum absolute atomic E-state index is 0.0511. The van der Waals surface area contributed by atoms with E-state index in [2.05, 4.69) is 30.1 Å². The van der Waals surface area contributed by atoms with Crippen molar-refractivity contribution in [1.29, 1.82) is 0 Å². The van der Waals surface area contributed by atoms with E-state index in [1.807, 2.05) is 24.3 Å². The van der Waals surface area contributed by atoms with Crippen molar-refractivity contribution < 1.29 is 4.79 Å². The Hall–Kier alpha value is -0.930. The van der Waals surface area contributed by atoms with Crippen LogP contribution >= 0.6 is 24.2 Å². The van der Waals surface area contributed by atoms with Crippen molar-refractivity contribution in [3.05, 3.63) is 47.0 Å². The van der Waals surface area contributed by atoms with Crippen molar-refractivity contribution in [3.63, 3.8) is 0 Å². The van der Waals surface area contributed by atoms with Gasteiger partial charge in [-0.3, -0.25) is 4.79 Å². The lowest BCUT2D eigenvalue weighted by molar-refractivity contribution is -0.121. The van der Waals surface area contributed by atoms with Crippen LogP contribution in [0.3, 0.4) is 0 Å². The molecule has 0 saturated heterocycles. The smallest absolute Gasteiger partial charge is 0.233 e. The second-order valence-corrected chi connectivity index (χ2v) is 6.15. The molecule has 1 aromatic rings. The van der Waals surface area contributed by atoms with Crippen molar-refractivity contribution in [2.75, 3.05) is 0 Å². The van der Waals surface area contributed by atoms with E-state index in [-0.39, 0.29) is 11.2 Å². The van der Waals surface area contributed by atoms with Gasteiger partial charge in [0.1, 0.15) is 0 Å². The quantitative estimate of drug-likeness (QED) is 0.646. The zero-order chi connectivity index (χ0) is 13.9. The Morgan fingerprint density at radius 1 is 1.42 bits per heavy atom. The van der Waals surface area contributed by atoms with Crippen LogP contribution in [-0.2, 0) is 10.3 Å². The minimum atomic E-state index is -0.420. The molecule has 2 nitrogen and oxygen atoms in total. The van der Waals surface area contributed by atoms with Crippen molar-refractivity contribution in [3.8, 4) is 0 Å². The molecule has 0 radical (unpaired) electrons. The first-order valence-corrected chi connectivity index (χ1v) is 7.37. The summed E-state index contributed by atoms with van der Waals surface area (Å²) >= 11 is 10.1. The molecule has 1 N–H and O–H groups in total. The number of carbonyl (C=O) groups is 1. The molecule has 1 aliphatic rings. The molecule has 2 rings (SSSR count). The lowest BCUT2D eigenvalue weighted by Crippen LogP contribution is -2.47. The molecule has 0 heterocycles. The highest BCUT2D eigenvalue weighted by molar-refractivity contribution is 7.81. The second-order valence-electron chi connectivity index (χ2n) is 4.94. The van der Waals surface area contributed by atoms with Gasteiger partial charge < -0.3 is 5.32 Å². The summed E-state index contributed by atoms with van der Waals surface area (Å²) < 4.78 is 0. The molecule has 0 spiro atoms. The Labute approximate surface area is 124 Å². The van der Waals surface area contributed by atoms with Crippen molar-refractivity contribution in [2.24, 2.45) is 0 Å². The highest BCUT2D eigenvalue weighted by atomic mass is 35.5. The third-order valence-corrected chi connectivity index (χ3v) is 3.92. The first-order valence-electron chi connectivity index (χ1n) is 6.47. The van der Waals surface area contributed by atoms with Gasteiger partial charge in [-0.1, -0.05) is 35.9 Å². The van der Waals surface area contributed by atoms with E-state index >= 15 is 0 Å². The zero-order valence-electron chi connectivity index (χ0n) is 10.9. The molecule has 0 bridgehead atoms. The van der Waals surface area contributed by atoms with Crippen LogP contribution in [0.2, 0.25) is 5.02 Å². The predicted molar refractivity (Wildman–Crippen MR) is 82.7 cm³/mol. The Morgan fingerprint density at radius 3 is 2.63 bits per heavy atom. The SMILES string of the molecule is CC(S)C(=O)NC1(c2ccc(Cl)cc2)C=CCCC1. The summed E-state index contributed by atoms with van der Waals surface area (Å²) in [6.07, 6.45) is 7.23. The van der Waals surface area contributed by atoms with Gasteiger partial charge in [-0.15, -0.1) is 0 Å². The molecule has 2 unspecified atom stereocenters. The van der Waals surface area contributed by atoms with Gasteiger partial charge in [0.15, 0.2) is 0 Å². The lowest BCUT2D eigenvalue weighted by Gasteiger charge is -2.35. The molecule has 1 amide bonds. The molecule has 102 valence electrons. The molecular weight excluding hydrogens is 278 g/mol. The molecule has 2 atom stereocenters. The number of thiol groups is 1. The van der Waals surface area contributed by atoms with Gasteiger partial charge in [0.25, 0.3) is 0 Å². The Bertz CT molecular complexity index is 483. The molecule has 0 fully saturated rings. The maximum absolute atomic E-state index is 12.0. The van der Waals surface area contributed by atoms with Gasteiger partial charge in [-0.05, 0) is 43.9 Å². The average molecular weight is 296 g/mol. The van der Waals surface area contributed by atoms with Crippen LogP contribution in [0.25, 0.3) is 0 Å². The molecule has 19 heavy (non-hydrogen) atoms. The van der Waals surface area contributed by atoms with Crippen LogP contribution in [0.4, 0.5) is 0 Å². The van der Waals surface area contributed by atoms with E-state index in [1.54, 1.807) is 6.92 Å². The number of nitrogens with one attached hydrogen (secondary N) is 1. The van der Waals surface area contributed by atoms with Crippen LogP contribution in [0.15, 0.2) is 36.4 Å². The van der Waals surface area contributed by atoms with Gasteiger partial charge in [0.2, 0.25) is 5.91 Å². The lowest BCUT2D eigenvalue weighted by atomic mass is 9.81. The van der Waals surface area contributed by atoms with E-state index < -0.39 is 5.54 Å². The van der Waals surface area contributed by atoms with Gasteiger partial charge >= 0.3 is 0 Å². The van der Waals surface area contributed by atoms with Crippen LogP contribution < -0.4 is 5.32 Å². The van der Waals surface area contributed by atoms with E-state index in [4.69, 9.17) is 11.6 Å². The maximum atomic E-state index is 12.0. The van der Waals surface area contributed by atoms with E-state index in [1.165, 1.54) is 0 Å². The number of amides is 1. The summed E-state index contributed by atoms with van der Waals surface area (Å²) in [4.78, 5) is 12.0. The monoisotopic (exact) mass is 295 g/mol. The van der Waals surface area contributed by atoms with E-state index in [9.17, 15) is 4.79 Å². The standard InChI is InChI=1S/C15H18ClNOS/c1-11(19)14(18)17-15(9-3-2-4-10-15)12-5-7-13(16)8-6-12/h3,5-9,11,19H,2,4,10H2,1H3,(H,17,18). The van der Waals surface area contributed by atoms with Crippen molar-refractivity contribution >= 4 is 30.1 Å². The average Bonchev–Trinajstić information content (AvgIpc) is 2.40. The van der Waals surface area contributed by atoms with Crippen molar-refractivity contribution in [1.82, 2.24) is 5.32 Å². The second kappa shape index (κ2) is 6.02. The number of hydrogen-bond donors (Lipinski definition) is 2. The Kier molecular flexibility index (Phi) is 4.58. The van der Waals surface area contributed by atoms with Crippen LogP contribution in [0.1, 0.15) is 31.7 Å². The molecule has 0 aromatic heterocycles. The summed E-state index contributed by atoms with van der Waals surface area (Å²) in [6.45, 7) is 1.78. The number of hydrogen-bond acceptors (Lipinski definition) is 2. The summed E-state index contributed by atoms with van der Waals surface area (Å²) in [5.41, 5.74) is 0.645. The molecule has 0 aliphatic heterocycles. The zero-order valence-corrected chi connectivity index (χ0v) is 12.5. The summed E-state index contributed by atoms with van der Waals surface area (Å²) in [5, 5.41) is 3.50. The maximum Gasteiger partial charge on any atom is 0.233 e. The molecule has 1 aliphatic carbocycles. The minimum Gasteiger partial charge on any atom is -0.342 e. The van der Waals surface area contributed by atoms with Gasteiger partial charge in [-0.25, -0.2) is 0 Å². The van der Waals surface area contributed by atoms with Crippen LogP contribution in [-0.4, -0.2) is 11.2 Å². The predicted octanol–water partition coefficient (Wildman–Crippen LogP) is 3.71. The van der Waals surface area contributed by atoms with E-state index in [0.717, 1.165) is 24.8 Å². The highest BCUT2D eigenvalue weighted by Gasteiger charge is 2.33. The number of halogens is 1. The van der Waals surface area contributed by atoms with Crippen LogP contribution in [0, 0.1) is 0 Å². The van der Waals surface area contributed by atoms with Crippen LogP contribution in [0.5, 0.6) is 0 Å². The Morgan fingerprint density at radius 2 is 2.11 bits per heavy atom. The number of allylic oxidation sites excluding steroid dienone is 1. The topological polar surface area (TPSA) is 29.1 Å². The third-order valence-electron chi connectivity index (χ3n) is 3.43. The molecule has 1 aromatic carbocycles. The van der Waals surface area contributed by atoms with Gasteiger partial charge in [0, 0.05) is 5.02 Å². The first kappa shape index (κ1) is 14.5. The molecular formula is C15H18ClNOS. The summed E-state index contributed by atoms with van der Waals surface area (Å²) in [5.74, 6) is -0.0511. The molecule has 4 heteroatoms. The number of rotatable bonds is 3. The van der Waals surface area contributed by atoms with Gasteiger partial charge in [-0.2, -0.15) is 12.6 Å². The third kappa shape index (κ3) is 3.34. The first-order chi connectivity index (χ1) is 9.03. The van der Waals surface area contributed by atoms with E-state index in [0.29, 0.717) is 5.02 Å². The van der Waals surface area contributed by atoms with Gasteiger partial charge in [0.05, 0.1) is 10.8 Å². The fourth-order valence-electron chi connectivity index (χ4n) is 2.36. The summed E-state index contributed by atoms with van der Waals surface area (Å²) in [7, 11) is 0. The highest BCUT2D eigenvalue weighted by Crippen LogP contribution is 2.33. The number of carbonyl (C=O) groups excluding carboxylic acids is 1. The largest absolute Gasteiger partial charge is 0.342 e. The Balaban J connectivity index is 2.34.